The molecule has 152 valence electrons. The highest BCUT2D eigenvalue weighted by atomic mass is 16.5. The zero-order valence-corrected chi connectivity index (χ0v) is 16.8. The molecular weight excluding hydrogens is 370 g/mol. The van der Waals surface area contributed by atoms with Gasteiger partial charge in [0.15, 0.2) is 0 Å². The van der Waals surface area contributed by atoms with E-state index in [4.69, 9.17) is 9.47 Å². The molecular formula is C23H25NO5. The van der Waals surface area contributed by atoms with Crippen molar-refractivity contribution in [3.05, 3.63) is 70.8 Å². The smallest absolute Gasteiger partial charge is 0.295 e. The van der Waals surface area contributed by atoms with Gasteiger partial charge in [0.25, 0.3) is 11.7 Å². The topological polar surface area (TPSA) is 76.1 Å². The van der Waals surface area contributed by atoms with E-state index in [0.717, 1.165) is 11.1 Å². The van der Waals surface area contributed by atoms with Gasteiger partial charge >= 0.3 is 0 Å². The van der Waals surface area contributed by atoms with Crippen LogP contribution in [0.4, 0.5) is 0 Å². The second-order valence-corrected chi connectivity index (χ2v) is 6.98. The van der Waals surface area contributed by atoms with E-state index in [9.17, 15) is 14.7 Å². The minimum Gasteiger partial charge on any atom is -0.507 e. The van der Waals surface area contributed by atoms with Crippen LogP contribution in [-0.4, -0.2) is 49.1 Å². The highest BCUT2D eigenvalue weighted by Crippen LogP contribution is 2.39. The lowest BCUT2D eigenvalue weighted by Gasteiger charge is -2.25. The van der Waals surface area contributed by atoms with Crippen LogP contribution in [0.2, 0.25) is 0 Å². The molecule has 0 bridgehead atoms. The molecule has 0 unspecified atom stereocenters. The lowest BCUT2D eigenvalue weighted by molar-refractivity contribution is -0.140. The predicted molar refractivity (Wildman–Crippen MR) is 110 cm³/mol. The van der Waals surface area contributed by atoms with Gasteiger partial charge in [0, 0.05) is 25.8 Å². The molecule has 1 amide bonds. The second-order valence-electron chi connectivity index (χ2n) is 6.98. The predicted octanol–water partition coefficient (Wildman–Crippen LogP) is 3.46. The number of Topliss-reactive ketones (excluding diaryl/α,β-unsaturated/α-hetero) is 1. The number of hydrogen-bond acceptors (Lipinski definition) is 5. The quantitative estimate of drug-likeness (QED) is 0.336. The van der Waals surface area contributed by atoms with E-state index in [2.05, 4.69) is 0 Å². The van der Waals surface area contributed by atoms with Gasteiger partial charge in [-0.15, -0.1) is 0 Å². The molecule has 1 aliphatic heterocycles. The van der Waals surface area contributed by atoms with E-state index in [1.807, 2.05) is 31.2 Å². The number of aryl methyl sites for hydroxylation is 1. The second kappa shape index (κ2) is 8.92. The van der Waals surface area contributed by atoms with Gasteiger partial charge in [-0.3, -0.25) is 9.59 Å². The van der Waals surface area contributed by atoms with Crippen LogP contribution in [0.15, 0.2) is 54.1 Å². The minimum atomic E-state index is -0.679. The summed E-state index contributed by atoms with van der Waals surface area (Å²) in [6.45, 7) is 2.80. The number of hydrogen-bond donors (Lipinski definition) is 1. The molecule has 2 aromatic rings. The molecule has 6 heteroatoms. The molecule has 1 N–H and O–H groups in total. The zero-order chi connectivity index (χ0) is 21.0. The monoisotopic (exact) mass is 395 g/mol. The number of ketones is 1. The molecule has 1 fully saturated rings. The van der Waals surface area contributed by atoms with Crippen LogP contribution in [0.3, 0.4) is 0 Å². The molecule has 3 rings (SSSR count). The third-order valence-electron chi connectivity index (χ3n) is 5.04. The number of aliphatic hydroxyl groups is 1. The summed E-state index contributed by atoms with van der Waals surface area (Å²) in [4.78, 5) is 27.2. The SMILES string of the molecule is COCCCN1C(=O)C(=O)/C(=C(/O)c2ccc(OC)cc2)[C@H]1c1ccc(C)cc1. The van der Waals surface area contributed by atoms with Gasteiger partial charge in [0.1, 0.15) is 11.5 Å². The summed E-state index contributed by atoms with van der Waals surface area (Å²) >= 11 is 0. The Kier molecular flexibility index (Phi) is 6.34. The number of benzene rings is 2. The minimum absolute atomic E-state index is 0.0986. The number of likely N-dealkylation sites (tertiary alicyclic amines) is 1. The van der Waals surface area contributed by atoms with Crippen LogP contribution >= 0.6 is 0 Å². The van der Waals surface area contributed by atoms with E-state index in [-0.39, 0.29) is 11.3 Å². The molecule has 0 aliphatic carbocycles. The molecule has 1 atom stereocenters. The van der Waals surface area contributed by atoms with Crippen molar-refractivity contribution in [1.82, 2.24) is 4.90 Å². The molecule has 1 heterocycles. The first-order valence-electron chi connectivity index (χ1n) is 9.46. The Hall–Kier alpha value is -3.12. The fourth-order valence-electron chi connectivity index (χ4n) is 3.49. The number of amides is 1. The first-order valence-corrected chi connectivity index (χ1v) is 9.46. The van der Waals surface area contributed by atoms with Gasteiger partial charge < -0.3 is 19.5 Å². The van der Waals surface area contributed by atoms with Crippen LogP contribution in [0.5, 0.6) is 5.75 Å². The van der Waals surface area contributed by atoms with Crippen molar-refractivity contribution in [2.24, 2.45) is 0 Å². The van der Waals surface area contributed by atoms with Gasteiger partial charge in [-0.05, 0) is 43.2 Å². The maximum Gasteiger partial charge on any atom is 0.295 e. The Morgan fingerprint density at radius 2 is 1.69 bits per heavy atom. The Morgan fingerprint density at radius 1 is 1.03 bits per heavy atom. The van der Waals surface area contributed by atoms with Crippen LogP contribution in [-0.2, 0) is 14.3 Å². The average molecular weight is 395 g/mol. The van der Waals surface area contributed by atoms with Gasteiger partial charge in [-0.2, -0.15) is 0 Å². The van der Waals surface area contributed by atoms with E-state index in [0.29, 0.717) is 30.9 Å². The first kappa shape index (κ1) is 20.6. The normalized spacial score (nSPS) is 18.3. The molecule has 1 aliphatic rings. The maximum atomic E-state index is 12.9. The highest BCUT2D eigenvalue weighted by molar-refractivity contribution is 6.46. The third kappa shape index (κ3) is 4.17. The Bertz CT molecular complexity index is 915. The molecule has 0 saturated carbocycles. The van der Waals surface area contributed by atoms with Crippen molar-refractivity contribution in [2.75, 3.05) is 27.4 Å². The van der Waals surface area contributed by atoms with Crippen LogP contribution in [0.1, 0.15) is 29.2 Å². The van der Waals surface area contributed by atoms with Gasteiger partial charge in [0.05, 0.1) is 18.7 Å². The summed E-state index contributed by atoms with van der Waals surface area (Å²) in [6.07, 6.45) is 0.592. The number of rotatable bonds is 7. The standard InChI is InChI=1S/C23H25NO5/c1-15-5-7-16(8-6-15)20-19(21(25)17-9-11-18(29-3)12-10-17)22(26)23(27)24(20)13-4-14-28-2/h5-12,20,25H,4,13-14H2,1-3H3/b21-19+/t20-/m1/s1. The zero-order valence-electron chi connectivity index (χ0n) is 16.8. The molecule has 1 saturated heterocycles. The van der Waals surface area contributed by atoms with E-state index in [1.54, 1.807) is 38.5 Å². The average Bonchev–Trinajstić information content (AvgIpc) is 2.99. The third-order valence-corrected chi connectivity index (χ3v) is 5.04. The largest absolute Gasteiger partial charge is 0.507 e. The van der Waals surface area contributed by atoms with Crippen molar-refractivity contribution in [3.8, 4) is 5.75 Å². The summed E-state index contributed by atoms with van der Waals surface area (Å²) in [6, 6.07) is 13.7. The summed E-state index contributed by atoms with van der Waals surface area (Å²) < 4.78 is 10.2. The van der Waals surface area contributed by atoms with E-state index >= 15 is 0 Å². The van der Waals surface area contributed by atoms with Crippen LogP contribution in [0.25, 0.3) is 5.76 Å². The van der Waals surface area contributed by atoms with Gasteiger partial charge in [-0.25, -0.2) is 0 Å². The van der Waals surface area contributed by atoms with Crippen LogP contribution < -0.4 is 4.74 Å². The van der Waals surface area contributed by atoms with Gasteiger partial charge in [0.2, 0.25) is 0 Å². The number of carbonyl (C=O) groups is 2. The summed E-state index contributed by atoms with van der Waals surface area (Å²) in [5.74, 6) is -0.842. The lowest BCUT2D eigenvalue weighted by Crippen LogP contribution is -2.31. The summed E-state index contributed by atoms with van der Waals surface area (Å²) in [7, 11) is 3.15. The maximum absolute atomic E-state index is 12.9. The number of carbonyl (C=O) groups excluding carboxylic acids is 2. The van der Waals surface area contributed by atoms with E-state index in [1.165, 1.54) is 4.90 Å². The Morgan fingerprint density at radius 3 is 2.28 bits per heavy atom. The van der Waals surface area contributed by atoms with Crippen molar-refractivity contribution in [3.63, 3.8) is 0 Å². The molecule has 0 radical (unpaired) electrons. The van der Waals surface area contributed by atoms with Crippen molar-refractivity contribution >= 4 is 17.4 Å². The van der Waals surface area contributed by atoms with Crippen LogP contribution in [0, 0.1) is 6.92 Å². The summed E-state index contributed by atoms with van der Waals surface area (Å²) in [5, 5.41) is 11.0. The van der Waals surface area contributed by atoms with Crippen molar-refractivity contribution in [1.29, 1.82) is 0 Å². The molecule has 0 spiro atoms. The van der Waals surface area contributed by atoms with Gasteiger partial charge in [-0.1, -0.05) is 29.8 Å². The molecule has 6 nitrogen and oxygen atoms in total. The van der Waals surface area contributed by atoms with Crippen molar-refractivity contribution in [2.45, 2.75) is 19.4 Å². The lowest BCUT2D eigenvalue weighted by atomic mass is 9.94. The molecule has 0 aromatic heterocycles. The number of methoxy groups -OCH3 is 2. The first-order chi connectivity index (χ1) is 14.0. The number of ether oxygens (including phenoxy) is 2. The summed E-state index contributed by atoms with van der Waals surface area (Å²) in [5.41, 5.74) is 2.40. The fourth-order valence-corrected chi connectivity index (χ4v) is 3.49. The van der Waals surface area contributed by atoms with Crippen molar-refractivity contribution < 1.29 is 24.2 Å². The number of aliphatic hydroxyl groups excluding tert-OH is 1. The number of nitrogens with zero attached hydrogens (tertiary/aromatic N) is 1. The van der Waals surface area contributed by atoms with E-state index < -0.39 is 17.7 Å². The molecule has 29 heavy (non-hydrogen) atoms. The molecule has 2 aromatic carbocycles. The highest BCUT2D eigenvalue weighted by Gasteiger charge is 2.45. The Balaban J connectivity index is 2.09. The Labute approximate surface area is 170 Å². The fraction of sp³-hybridized carbons (Fsp3) is 0.304.